The Balaban J connectivity index is 1.89. The van der Waals surface area contributed by atoms with Gasteiger partial charge in [-0.1, -0.05) is 67.6 Å². The maximum atomic E-state index is 13.3. The summed E-state index contributed by atoms with van der Waals surface area (Å²) in [7, 11) is 0. The highest BCUT2D eigenvalue weighted by atomic mass is 16.2. The van der Waals surface area contributed by atoms with Crippen molar-refractivity contribution < 1.29 is 9.59 Å². The molecule has 1 heterocycles. The molecule has 29 heavy (non-hydrogen) atoms. The van der Waals surface area contributed by atoms with Crippen LogP contribution in [0.3, 0.4) is 0 Å². The largest absolute Gasteiger partial charge is 0.340 e. The number of carbonyl (C=O) groups excluding carboxylic acids is 2. The minimum absolute atomic E-state index is 0.111. The van der Waals surface area contributed by atoms with Crippen molar-refractivity contribution in [2.75, 3.05) is 26.2 Å². The van der Waals surface area contributed by atoms with Crippen LogP contribution in [-0.2, 0) is 16.0 Å². The minimum atomic E-state index is -0.247. The van der Waals surface area contributed by atoms with E-state index in [0.717, 1.165) is 23.1 Å². The first kappa shape index (κ1) is 20.8. The van der Waals surface area contributed by atoms with E-state index in [2.05, 4.69) is 30.8 Å². The highest BCUT2D eigenvalue weighted by molar-refractivity contribution is 5.83. The summed E-state index contributed by atoms with van der Waals surface area (Å²) in [5.74, 6) is 0.00443. The zero-order valence-corrected chi connectivity index (χ0v) is 17.2. The zero-order chi connectivity index (χ0) is 20.6. The van der Waals surface area contributed by atoms with E-state index in [0.29, 0.717) is 39.0 Å². The standard InChI is InChI=1S/C25H30N2O2/c1-3-10-24(28)27-17-16-26(15-4-2)25(29)22(19-27)18-21-13-8-9-14-23(21)20-11-6-5-7-12-20/h4-9,11-14,22H,2-3,10,15-19H2,1H3/t22-/m0/s1. The number of benzene rings is 2. The molecule has 2 aromatic rings. The third-order valence-corrected chi connectivity index (χ3v) is 5.48. The summed E-state index contributed by atoms with van der Waals surface area (Å²) in [6, 6.07) is 18.5. The number of nitrogens with zero attached hydrogens (tertiary/aromatic N) is 2. The summed E-state index contributed by atoms with van der Waals surface area (Å²) in [5.41, 5.74) is 3.43. The molecular formula is C25H30N2O2. The van der Waals surface area contributed by atoms with Crippen LogP contribution in [0.4, 0.5) is 0 Å². The first-order valence-corrected chi connectivity index (χ1v) is 10.4. The summed E-state index contributed by atoms with van der Waals surface area (Å²) >= 11 is 0. The van der Waals surface area contributed by atoms with Gasteiger partial charge in [-0.3, -0.25) is 9.59 Å². The van der Waals surface area contributed by atoms with Crippen LogP contribution in [0.1, 0.15) is 25.3 Å². The Kier molecular flexibility index (Phi) is 7.23. The molecule has 3 rings (SSSR count). The van der Waals surface area contributed by atoms with Crippen molar-refractivity contribution in [3.8, 4) is 11.1 Å². The molecule has 0 bridgehead atoms. The van der Waals surface area contributed by atoms with Crippen molar-refractivity contribution in [1.29, 1.82) is 0 Å². The second-order valence-corrected chi connectivity index (χ2v) is 7.59. The Bertz CT molecular complexity index is 847. The van der Waals surface area contributed by atoms with Gasteiger partial charge >= 0.3 is 0 Å². The number of hydrogen-bond acceptors (Lipinski definition) is 2. The molecule has 0 aromatic heterocycles. The summed E-state index contributed by atoms with van der Waals surface area (Å²) in [4.78, 5) is 29.5. The lowest BCUT2D eigenvalue weighted by Crippen LogP contribution is -2.38. The van der Waals surface area contributed by atoms with E-state index < -0.39 is 0 Å². The Morgan fingerprint density at radius 3 is 2.55 bits per heavy atom. The topological polar surface area (TPSA) is 40.6 Å². The molecule has 0 aliphatic carbocycles. The van der Waals surface area contributed by atoms with Crippen LogP contribution in [-0.4, -0.2) is 47.8 Å². The SMILES string of the molecule is C=CCN1CCN(C(=O)CCC)C[C@H](Cc2ccccc2-c2ccccc2)C1=O. The van der Waals surface area contributed by atoms with Gasteiger partial charge in [-0.25, -0.2) is 0 Å². The molecule has 152 valence electrons. The van der Waals surface area contributed by atoms with Crippen LogP contribution in [0.15, 0.2) is 67.3 Å². The number of amides is 2. The Hall–Kier alpha value is -2.88. The third kappa shape index (κ3) is 5.14. The molecule has 0 radical (unpaired) electrons. The molecule has 0 spiro atoms. The van der Waals surface area contributed by atoms with E-state index in [1.165, 1.54) is 0 Å². The molecule has 1 aliphatic heterocycles. The van der Waals surface area contributed by atoms with E-state index in [4.69, 9.17) is 0 Å². The van der Waals surface area contributed by atoms with Crippen LogP contribution in [0.25, 0.3) is 11.1 Å². The monoisotopic (exact) mass is 390 g/mol. The van der Waals surface area contributed by atoms with Gasteiger partial charge in [0, 0.05) is 32.6 Å². The average molecular weight is 391 g/mol. The Morgan fingerprint density at radius 1 is 1.10 bits per heavy atom. The molecular weight excluding hydrogens is 360 g/mol. The normalized spacial score (nSPS) is 17.1. The average Bonchev–Trinajstić information content (AvgIpc) is 2.89. The quantitative estimate of drug-likeness (QED) is 0.666. The number of hydrogen-bond donors (Lipinski definition) is 0. The lowest BCUT2D eigenvalue weighted by molar-refractivity contribution is -0.134. The maximum Gasteiger partial charge on any atom is 0.228 e. The number of carbonyl (C=O) groups is 2. The predicted molar refractivity (Wildman–Crippen MR) is 117 cm³/mol. The molecule has 4 nitrogen and oxygen atoms in total. The van der Waals surface area contributed by atoms with E-state index in [1.807, 2.05) is 47.1 Å². The highest BCUT2D eigenvalue weighted by Gasteiger charge is 2.32. The molecule has 1 fully saturated rings. The molecule has 1 atom stereocenters. The van der Waals surface area contributed by atoms with Gasteiger partial charge in [0.1, 0.15) is 0 Å². The molecule has 0 N–H and O–H groups in total. The smallest absolute Gasteiger partial charge is 0.228 e. The second-order valence-electron chi connectivity index (χ2n) is 7.59. The van der Waals surface area contributed by atoms with Crippen molar-refractivity contribution >= 4 is 11.8 Å². The maximum absolute atomic E-state index is 13.3. The van der Waals surface area contributed by atoms with Gasteiger partial charge < -0.3 is 9.80 Å². The van der Waals surface area contributed by atoms with Gasteiger partial charge in [0.15, 0.2) is 0 Å². The molecule has 2 amide bonds. The molecule has 0 saturated carbocycles. The fourth-order valence-electron chi connectivity index (χ4n) is 4.00. The van der Waals surface area contributed by atoms with E-state index in [-0.39, 0.29) is 17.7 Å². The molecule has 0 unspecified atom stereocenters. The minimum Gasteiger partial charge on any atom is -0.340 e. The summed E-state index contributed by atoms with van der Waals surface area (Å²) < 4.78 is 0. The summed E-state index contributed by atoms with van der Waals surface area (Å²) in [6.45, 7) is 7.96. The summed E-state index contributed by atoms with van der Waals surface area (Å²) in [5, 5.41) is 0. The molecule has 1 saturated heterocycles. The van der Waals surface area contributed by atoms with Gasteiger partial charge in [0.2, 0.25) is 11.8 Å². The Morgan fingerprint density at radius 2 is 1.83 bits per heavy atom. The van der Waals surface area contributed by atoms with Gasteiger partial charge in [-0.15, -0.1) is 6.58 Å². The van der Waals surface area contributed by atoms with E-state index in [1.54, 1.807) is 6.08 Å². The Labute approximate surface area is 173 Å². The van der Waals surface area contributed by atoms with Crippen LogP contribution in [0, 0.1) is 5.92 Å². The van der Waals surface area contributed by atoms with Gasteiger partial charge in [0.05, 0.1) is 5.92 Å². The molecule has 1 aliphatic rings. The second kappa shape index (κ2) is 10.1. The van der Waals surface area contributed by atoms with E-state index in [9.17, 15) is 9.59 Å². The first-order chi connectivity index (χ1) is 14.1. The van der Waals surface area contributed by atoms with Crippen LogP contribution in [0.2, 0.25) is 0 Å². The highest BCUT2D eigenvalue weighted by Crippen LogP contribution is 2.27. The van der Waals surface area contributed by atoms with Gasteiger partial charge in [0.25, 0.3) is 0 Å². The lowest BCUT2D eigenvalue weighted by atomic mass is 9.91. The first-order valence-electron chi connectivity index (χ1n) is 10.4. The van der Waals surface area contributed by atoms with Gasteiger partial charge in [-0.2, -0.15) is 0 Å². The summed E-state index contributed by atoms with van der Waals surface area (Å²) in [6.07, 6.45) is 3.73. The fourth-order valence-corrected chi connectivity index (χ4v) is 4.00. The van der Waals surface area contributed by atoms with Crippen molar-refractivity contribution in [2.24, 2.45) is 5.92 Å². The zero-order valence-electron chi connectivity index (χ0n) is 17.2. The van der Waals surface area contributed by atoms with Crippen molar-refractivity contribution in [1.82, 2.24) is 9.80 Å². The van der Waals surface area contributed by atoms with Crippen LogP contribution in [0.5, 0.6) is 0 Å². The van der Waals surface area contributed by atoms with Crippen LogP contribution < -0.4 is 0 Å². The molecule has 2 aromatic carbocycles. The lowest BCUT2D eigenvalue weighted by Gasteiger charge is -2.24. The van der Waals surface area contributed by atoms with E-state index >= 15 is 0 Å². The van der Waals surface area contributed by atoms with Gasteiger partial charge in [-0.05, 0) is 29.5 Å². The van der Waals surface area contributed by atoms with Crippen molar-refractivity contribution in [3.05, 3.63) is 72.8 Å². The predicted octanol–water partition coefficient (Wildman–Crippen LogP) is 4.17. The third-order valence-electron chi connectivity index (χ3n) is 5.48. The fraction of sp³-hybridized carbons (Fsp3) is 0.360. The molecule has 4 heteroatoms. The van der Waals surface area contributed by atoms with Crippen LogP contribution >= 0.6 is 0 Å². The van der Waals surface area contributed by atoms with Crippen molar-refractivity contribution in [2.45, 2.75) is 26.2 Å². The number of rotatable bonds is 7. The van der Waals surface area contributed by atoms with Crippen molar-refractivity contribution in [3.63, 3.8) is 0 Å².